The third-order valence-electron chi connectivity index (χ3n) is 4.41. The number of halogens is 1. The highest BCUT2D eigenvalue weighted by atomic mass is 127. The number of ether oxygens (including phenoxy) is 2. The number of aromatic hydroxyl groups is 1. The number of hydrogen-bond donors (Lipinski definition) is 3. The Balaban J connectivity index is 0.00000392. The first kappa shape index (κ1) is 23.9. The van der Waals surface area contributed by atoms with Crippen molar-refractivity contribution in [1.29, 1.82) is 0 Å². The second-order valence-corrected chi connectivity index (χ2v) is 6.36. The molecule has 0 saturated carbocycles. The summed E-state index contributed by atoms with van der Waals surface area (Å²) in [6, 6.07) is 11.5. The molecule has 2 aromatic carbocycles. The van der Waals surface area contributed by atoms with Crippen LogP contribution in [-0.2, 0) is 6.42 Å². The lowest BCUT2D eigenvalue weighted by molar-refractivity contribution is 0.405. The summed E-state index contributed by atoms with van der Waals surface area (Å²) < 4.78 is 10.6. The number of methoxy groups -OCH3 is 2. The Hall–Kier alpha value is -2.16. The molecule has 6 nitrogen and oxygen atoms in total. The van der Waals surface area contributed by atoms with Gasteiger partial charge in [0.05, 0.1) is 20.3 Å². The number of phenolic OH excluding ortho intramolecular Hbond substituents is 1. The van der Waals surface area contributed by atoms with E-state index in [4.69, 9.17) is 9.47 Å². The summed E-state index contributed by atoms with van der Waals surface area (Å²) in [5.74, 6) is 2.41. The van der Waals surface area contributed by atoms with Crippen molar-refractivity contribution in [3.05, 3.63) is 53.1 Å². The lowest BCUT2D eigenvalue weighted by Gasteiger charge is -2.20. The molecule has 0 aliphatic heterocycles. The molecule has 28 heavy (non-hydrogen) atoms. The molecule has 2 aromatic rings. The number of hydrogen-bond acceptors (Lipinski definition) is 4. The largest absolute Gasteiger partial charge is 0.508 e. The fourth-order valence-corrected chi connectivity index (χ4v) is 2.87. The predicted molar refractivity (Wildman–Crippen MR) is 124 cm³/mol. The maximum absolute atomic E-state index is 10.1. The van der Waals surface area contributed by atoms with Crippen molar-refractivity contribution < 1.29 is 14.6 Å². The van der Waals surface area contributed by atoms with Crippen molar-refractivity contribution in [3.63, 3.8) is 0 Å². The van der Waals surface area contributed by atoms with E-state index >= 15 is 0 Å². The molecule has 154 valence electrons. The first-order valence-electron chi connectivity index (χ1n) is 8.96. The van der Waals surface area contributed by atoms with E-state index in [1.807, 2.05) is 24.3 Å². The molecule has 1 atom stereocenters. The van der Waals surface area contributed by atoms with E-state index in [1.165, 1.54) is 5.56 Å². The Morgan fingerprint density at radius 3 is 2.50 bits per heavy atom. The van der Waals surface area contributed by atoms with Gasteiger partial charge in [0.1, 0.15) is 17.2 Å². The van der Waals surface area contributed by atoms with Crippen molar-refractivity contribution in [1.82, 2.24) is 10.6 Å². The monoisotopic (exact) mass is 499 g/mol. The molecule has 0 aliphatic rings. The normalized spacial score (nSPS) is 12.0. The summed E-state index contributed by atoms with van der Waals surface area (Å²) in [5.41, 5.74) is 3.11. The van der Waals surface area contributed by atoms with Crippen LogP contribution in [-0.4, -0.2) is 38.9 Å². The number of benzene rings is 2. The molecule has 0 radical (unpaired) electrons. The number of aryl methyl sites for hydroxylation is 1. The third-order valence-corrected chi connectivity index (χ3v) is 4.41. The molecule has 3 N–H and O–H groups in total. The van der Waals surface area contributed by atoms with Gasteiger partial charge in [-0.1, -0.05) is 23.8 Å². The lowest BCUT2D eigenvalue weighted by atomic mass is 10.0. The van der Waals surface area contributed by atoms with Crippen LogP contribution in [0.3, 0.4) is 0 Å². The van der Waals surface area contributed by atoms with Crippen LogP contribution in [0.15, 0.2) is 41.4 Å². The number of rotatable bonds is 7. The van der Waals surface area contributed by atoms with Gasteiger partial charge in [0.15, 0.2) is 5.96 Å². The van der Waals surface area contributed by atoms with E-state index in [9.17, 15) is 5.11 Å². The van der Waals surface area contributed by atoms with Crippen molar-refractivity contribution in [2.75, 3.05) is 27.8 Å². The molecule has 7 heteroatoms. The lowest BCUT2D eigenvalue weighted by Crippen LogP contribution is -2.39. The van der Waals surface area contributed by atoms with E-state index in [2.05, 4.69) is 35.5 Å². The molecule has 0 saturated heterocycles. The van der Waals surface area contributed by atoms with Gasteiger partial charge in [-0.3, -0.25) is 4.99 Å². The van der Waals surface area contributed by atoms with Gasteiger partial charge in [-0.2, -0.15) is 0 Å². The molecule has 0 amide bonds. The van der Waals surface area contributed by atoms with Gasteiger partial charge in [-0.25, -0.2) is 0 Å². The molecule has 0 aliphatic carbocycles. The maximum Gasteiger partial charge on any atom is 0.191 e. The fraction of sp³-hybridized carbons (Fsp3) is 0.381. The second kappa shape index (κ2) is 11.6. The summed E-state index contributed by atoms with van der Waals surface area (Å²) in [5, 5.41) is 16.7. The van der Waals surface area contributed by atoms with E-state index in [0.29, 0.717) is 24.7 Å². The number of nitrogens with one attached hydrogen (secondary N) is 2. The van der Waals surface area contributed by atoms with Crippen molar-refractivity contribution in [3.8, 4) is 17.2 Å². The maximum atomic E-state index is 10.1. The van der Waals surface area contributed by atoms with Gasteiger partial charge < -0.3 is 25.2 Å². The van der Waals surface area contributed by atoms with E-state index in [1.54, 1.807) is 27.3 Å². The topological polar surface area (TPSA) is 75.1 Å². The van der Waals surface area contributed by atoms with Crippen LogP contribution < -0.4 is 20.1 Å². The standard InChI is InChI=1S/C21H29N3O3.HI/c1-14-6-9-20(27-5)18(12-14)15(2)24-21(22-3)23-11-10-16-7-8-17(26-4)13-19(16)25;/h6-9,12-13,15,25H,10-11H2,1-5H3,(H2,22,23,24);1H. The highest BCUT2D eigenvalue weighted by Gasteiger charge is 2.13. The molecule has 0 aromatic heterocycles. The van der Waals surface area contributed by atoms with Gasteiger partial charge in [0.25, 0.3) is 0 Å². The molecule has 0 fully saturated rings. The Labute approximate surface area is 184 Å². The quantitative estimate of drug-likeness (QED) is 0.307. The summed E-state index contributed by atoms with van der Waals surface area (Å²) in [7, 11) is 4.99. The van der Waals surface area contributed by atoms with E-state index < -0.39 is 0 Å². The Kier molecular flexibility index (Phi) is 9.92. The predicted octanol–water partition coefficient (Wildman–Crippen LogP) is 3.80. The minimum absolute atomic E-state index is 0. The molecule has 2 rings (SSSR count). The second-order valence-electron chi connectivity index (χ2n) is 6.36. The van der Waals surface area contributed by atoms with Crippen molar-refractivity contribution >= 4 is 29.9 Å². The van der Waals surface area contributed by atoms with Gasteiger partial charge >= 0.3 is 0 Å². The summed E-state index contributed by atoms with van der Waals surface area (Å²) in [6.45, 7) is 4.76. The first-order valence-corrected chi connectivity index (χ1v) is 8.96. The Morgan fingerprint density at radius 1 is 1.14 bits per heavy atom. The SMILES string of the molecule is CN=C(NCCc1ccc(OC)cc1O)NC(C)c1cc(C)ccc1OC.I. The van der Waals surface area contributed by atoms with Crippen LogP contribution in [0.2, 0.25) is 0 Å². The van der Waals surface area contributed by atoms with Gasteiger partial charge in [-0.15, -0.1) is 24.0 Å². The molecule has 0 spiro atoms. The summed E-state index contributed by atoms with van der Waals surface area (Å²) in [6.07, 6.45) is 0.665. The minimum Gasteiger partial charge on any atom is -0.508 e. The summed E-state index contributed by atoms with van der Waals surface area (Å²) in [4.78, 5) is 4.28. The molecular formula is C21H30IN3O3. The van der Waals surface area contributed by atoms with Crippen LogP contribution >= 0.6 is 24.0 Å². The van der Waals surface area contributed by atoms with Crippen LogP contribution in [0.25, 0.3) is 0 Å². The average Bonchev–Trinajstić information content (AvgIpc) is 2.68. The molecular weight excluding hydrogens is 469 g/mol. The van der Waals surface area contributed by atoms with Crippen LogP contribution in [0.5, 0.6) is 17.2 Å². The highest BCUT2D eigenvalue weighted by Crippen LogP contribution is 2.26. The van der Waals surface area contributed by atoms with Crippen LogP contribution in [0.1, 0.15) is 29.7 Å². The molecule has 0 bridgehead atoms. The zero-order valence-electron chi connectivity index (χ0n) is 17.1. The Bertz CT molecular complexity index is 796. The Morgan fingerprint density at radius 2 is 1.89 bits per heavy atom. The number of guanidine groups is 1. The smallest absolute Gasteiger partial charge is 0.191 e. The minimum atomic E-state index is 0. The van der Waals surface area contributed by atoms with Gasteiger partial charge in [0, 0.05) is 25.2 Å². The number of aliphatic imine (C=N–C) groups is 1. The zero-order chi connectivity index (χ0) is 19.8. The fourth-order valence-electron chi connectivity index (χ4n) is 2.87. The number of phenols is 1. The zero-order valence-corrected chi connectivity index (χ0v) is 19.4. The van der Waals surface area contributed by atoms with Gasteiger partial charge in [0.2, 0.25) is 0 Å². The molecule has 0 heterocycles. The average molecular weight is 499 g/mol. The van der Waals surface area contributed by atoms with Gasteiger partial charge in [-0.05, 0) is 38.0 Å². The van der Waals surface area contributed by atoms with Crippen molar-refractivity contribution in [2.24, 2.45) is 4.99 Å². The van der Waals surface area contributed by atoms with Crippen LogP contribution in [0.4, 0.5) is 0 Å². The summed E-state index contributed by atoms with van der Waals surface area (Å²) >= 11 is 0. The van der Waals surface area contributed by atoms with E-state index in [-0.39, 0.29) is 35.8 Å². The third kappa shape index (κ3) is 6.47. The van der Waals surface area contributed by atoms with E-state index in [0.717, 1.165) is 16.9 Å². The highest BCUT2D eigenvalue weighted by molar-refractivity contribution is 14.0. The van der Waals surface area contributed by atoms with Crippen molar-refractivity contribution in [2.45, 2.75) is 26.3 Å². The number of nitrogens with zero attached hydrogens (tertiary/aromatic N) is 1. The first-order chi connectivity index (χ1) is 13.0. The van der Waals surface area contributed by atoms with Crippen LogP contribution in [0, 0.1) is 6.92 Å². The molecule has 1 unspecified atom stereocenters.